The molecule has 1 rings (SSSR count). The molecule has 0 fully saturated rings. The van der Waals surface area contributed by atoms with Gasteiger partial charge in [-0.1, -0.05) is 11.6 Å². The minimum atomic E-state index is 0. The van der Waals surface area contributed by atoms with Gasteiger partial charge in [-0.25, -0.2) is 0 Å². The molecule has 0 atom stereocenters. The number of nitrogens with one attached hydrogen (secondary N) is 2. The average molecular weight is 346 g/mol. The molecule has 1 aromatic rings. The Kier molecular flexibility index (Phi) is 13.5. The van der Waals surface area contributed by atoms with Gasteiger partial charge in [0, 0.05) is 6.54 Å². The van der Waals surface area contributed by atoms with Gasteiger partial charge >= 0.3 is 0 Å². The van der Waals surface area contributed by atoms with Crippen LogP contribution in [-0.4, -0.2) is 34.4 Å². The standard InChI is InChI=1S/C13H21ClN2O2.2ClH/c1-15-5-4-6-16-9-10-7-11(14)13(18-3)12(8-10)17-2;;/h7-8,15-16H,4-6,9H2,1-3H3;2*1H. The normalized spacial score (nSPS) is 9.40. The highest BCUT2D eigenvalue weighted by Crippen LogP contribution is 2.35. The first-order valence-corrected chi connectivity index (χ1v) is 6.36. The molecule has 7 heteroatoms. The van der Waals surface area contributed by atoms with E-state index in [9.17, 15) is 0 Å². The number of benzene rings is 1. The van der Waals surface area contributed by atoms with E-state index >= 15 is 0 Å². The van der Waals surface area contributed by atoms with Crippen LogP contribution in [0.3, 0.4) is 0 Å². The highest BCUT2D eigenvalue weighted by atomic mass is 35.5. The van der Waals surface area contributed by atoms with Crippen molar-refractivity contribution in [3.8, 4) is 11.5 Å². The second-order valence-corrected chi connectivity index (χ2v) is 4.35. The van der Waals surface area contributed by atoms with E-state index in [4.69, 9.17) is 21.1 Å². The van der Waals surface area contributed by atoms with Gasteiger partial charge in [0.05, 0.1) is 19.2 Å². The fraction of sp³-hybridized carbons (Fsp3) is 0.538. The number of halogens is 3. The quantitative estimate of drug-likeness (QED) is 0.711. The number of hydrogen-bond acceptors (Lipinski definition) is 4. The molecule has 0 saturated heterocycles. The van der Waals surface area contributed by atoms with Crippen molar-refractivity contribution >= 4 is 36.4 Å². The Morgan fingerprint density at radius 1 is 1.10 bits per heavy atom. The first kappa shape index (κ1) is 21.9. The van der Waals surface area contributed by atoms with Gasteiger partial charge in [0.15, 0.2) is 11.5 Å². The Morgan fingerprint density at radius 2 is 1.80 bits per heavy atom. The molecule has 0 amide bonds. The van der Waals surface area contributed by atoms with Crippen LogP contribution in [0, 0.1) is 0 Å². The summed E-state index contributed by atoms with van der Waals surface area (Å²) in [6.07, 6.45) is 1.09. The lowest BCUT2D eigenvalue weighted by Crippen LogP contribution is -2.19. The molecule has 118 valence electrons. The van der Waals surface area contributed by atoms with Crippen LogP contribution in [0.25, 0.3) is 0 Å². The van der Waals surface area contributed by atoms with Crippen molar-refractivity contribution in [3.05, 3.63) is 22.7 Å². The van der Waals surface area contributed by atoms with Crippen molar-refractivity contribution in [1.29, 1.82) is 0 Å². The van der Waals surface area contributed by atoms with Crippen LogP contribution in [0.15, 0.2) is 12.1 Å². The predicted octanol–water partition coefficient (Wildman–Crippen LogP) is 2.90. The molecule has 0 bridgehead atoms. The summed E-state index contributed by atoms with van der Waals surface area (Å²) >= 11 is 6.13. The Labute approximate surface area is 138 Å². The van der Waals surface area contributed by atoms with Crippen LogP contribution in [0.1, 0.15) is 12.0 Å². The Hall–Kier alpha value is -0.390. The smallest absolute Gasteiger partial charge is 0.179 e. The molecule has 2 N–H and O–H groups in total. The molecular weight excluding hydrogens is 323 g/mol. The summed E-state index contributed by atoms with van der Waals surface area (Å²) in [4.78, 5) is 0. The van der Waals surface area contributed by atoms with Crippen molar-refractivity contribution < 1.29 is 9.47 Å². The third kappa shape index (κ3) is 6.86. The van der Waals surface area contributed by atoms with E-state index < -0.39 is 0 Å². The zero-order chi connectivity index (χ0) is 13.4. The lowest BCUT2D eigenvalue weighted by molar-refractivity contribution is 0.354. The molecule has 1 aromatic carbocycles. The maximum Gasteiger partial charge on any atom is 0.179 e. The molecule has 0 aromatic heterocycles. The van der Waals surface area contributed by atoms with E-state index in [-0.39, 0.29) is 24.8 Å². The van der Waals surface area contributed by atoms with Crippen LogP contribution in [0.5, 0.6) is 11.5 Å². The maximum absolute atomic E-state index is 6.13. The van der Waals surface area contributed by atoms with Gasteiger partial charge in [-0.15, -0.1) is 24.8 Å². The van der Waals surface area contributed by atoms with E-state index in [2.05, 4.69) is 10.6 Å². The van der Waals surface area contributed by atoms with Gasteiger partial charge < -0.3 is 20.1 Å². The lowest BCUT2D eigenvalue weighted by Gasteiger charge is -2.12. The summed E-state index contributed by atoms with van der Waals surface area (Å²) in [5, 5.41) is 7.04. The van der Waals surface area contributed by atoms with E-state index in [0.717, 1.165) is 31.6 Å². The number of ether oxygens (including phenoxy) is 2. The predicted molar refractivity (Wildman–Crippen MR) is 89.3 cm³/mol. The molecule has 0 radical (unpaired) electrons. The summed E-state index contributed by atoms with van der Waals surface area (Å²) in [6, 6.07) is 3.84. The minimum absolute atomic E-state index is 0. The molecule has 20 heavy (non-hydrogen) atoms. The molecule has 0 aliphatic carbocycles. The monoisotopic (exact) mass is 344 g/mol. The van der Waals surface area contributed by atoms with Crippen molar-refractivity contribution in [3.63, 3.8) is 0 Å². The Bertz CT molecular complexity index is 379. The second kappa shape index (κ2) is 12.4. The van der Waals surface area contributed by atoms with Crippen LogP contribution >= 0.6 is 36.4 Å². The average Bonchev–Trinajstić information content (AvgIpc) is 2.37. The fourth-order valence-electron chi connectivity index (χ4n) is 1.70. The fourth-order valence-corrected chi connectivity index (χ4v) is 2.01. The Morgan fingerprint density at radius 3 is 2.35 bits per heavy atom. The van der Waals surface area contributed by atoms with Crippen molar-refractivity contribution in [2.45, 2.75) is 13.0 Å². The molecular formula is C13H23Cl3N2O2. The highest BCUT2D eigenvalue weighted by Gasteiger charge is 2.10. The van der Waals surface area contributed by atoms with Gasteiger partial charge in [0.25, 0.3) is 0 Å². The zero-order valence-corrected chi connectivity index (χ0v) is 14.4. The largest absolute Gasteiger partial charge is 0.493 e. The molecule has 0 heterocycles. The van der Waals surface area contributed by atoms with Gasteiger partial charge in [-0.2, -0.15) is 0 Å². The third-order valence-electron chi connectivity index (χ3n) is 2.60. The van der Waals surface area contributed by atoms with Gasteiger partial charge in [-0.05, 0) is 44.3 Å². The first-order valence-electron chi connectivity index (χ1n) is 5.98. The molecule has 4 nitrogen and oxygen atoms in total. The number of hydrogen-bond donors (Lipinski definition) is 2. The molecule has 0 spiro atoms. The lowest BCUT2D eigenvalue weighted by atomic mass is 10.2. The topological polar surface area (TPSA) is 42.5 Å². The molecule has 0 saturated carbocycles. The van der Waals surface area contributed by atoms with Gasteiger partial charge in [0.2, 0.25) is 0 Å². The van der Waals surface area contributed by atoms with Crippen LogP contribution in [0.4, 0.5) is 0 Å². The molecule has 0 aliphatic heterocycles. The number of methoxy groups -OCH3 is 2. The maximum atomic E-state index is 6.13. The highest BCUT2D eigenvalue weighted by molar-refractivity contribution is 6.32. The van der Waals surface area contributed by atoms with E-state index in [1.54, 1.807) is 14.2 Å². The third-order valence-corrected chi connectivity index (χ3v) is 2.88. The first-order chi connectivity index (χ1) is 8.72. The van der Waals surface area contributed by atoms with E-state index in [1.807, 2.05) is 19.2 Å². The molecule has 0 unspecified atom stereocenters. The SMILES string of the molecule is CNCCCNCc1cc(Cl)c(OC)c(OC)c1.Cl.Cl. The van der Waals surface area contributed by atoms with Crippen LogP contribution in [0.2, 0.25) is 5.02 Å². The van der Waals surface area contributed by atoms with Gasteiger partial charge in [-0.3, -0.25) is 0 Å². The Balaban J connectivity index is 0. The van der Waals surface area contributed by atoms with Crippen LogP contribution in [-0.2, 0) is 6.54 Å². The van der Waals surface area contributed by atoms with E-state index in [1.165, 1.54) is 0 Å². The summed E-state index contributed by atoms with van der Waals surface area (Å²) in [6.45, 7) is 2.75. The second-order valence-electron chi connectivity index (χ2n) is 3.95. The summed E-state index contributed by atoms with van der Waals surface area (Å²) in [5.74, 6) is 1.25. The summed E-state index contributed by atoms with van der Waals surface area (Å²) in [7, 11) is 5.14. The van der Waals surface area contributed by atoms with Crippen molar-refractivity contribution in [1.82, 2.24) is 10.6 Å². The van der Waals surface area contributed by atoms with E-state index in [0.29, 0.717) is 16.5 Å². The van der Waals surface area contributed by atoms with Crippen LogP contribution < -0.4 is 20.1 Å². The number of rotatable bonds is 8. The van der Waals surface area contributed by atoms with Crippen molar-refractivity contribution in [2.75, 3.05) is 34.4 Å². The minimum Gasteiger partial charge on any atom is -0.493 e. The van der Waals surface area contributed by atoms with Gasteiger partial charge in [0.1, 0.15) is 0 Å². The zero-order valence-electron chi connectivity index (χ0n) is 12.0. The summed E-state index contributed by atoms with van der Waals surface area (Å²) < 4.78 is 10.4. The summed E-state index contributed by atoms with van der Waals surface area (Å²) in [5.41, 5.74) is 1.09. The molecule has 0 aliphatic rings. The van der Waals surface area contributed by atoms with Crippen molar-refractivity contribution in [2.24, 2.45) is 0 Å².